The fraction of sp³-hybridized carbons (Fsp3) is 0.0667. The maximum Gasteiger partial charge on any atom is 0.125 e. The molecule has 1 N–H and O–H groups in total. The molecule has 1 aromatic carbocycles. The van der Waals surface area contributed by atoms with E-state index in [0.717, 1.165) is 27.5 Å². The fourth-order valence-electron chi connectivity index (χ4n) is 1.86. The van der Waals surface area contributed by atoms with Gasteiger partial charge in [0.25, 0.3) is 0 Å². The molecule has 0 aliphatic heterocycles. The van der Waals surface area contributed by atoms with Crippen LogP contribution >= 0.6 is 11.3 Å². The number of rotatable bonds is 3. The van der Waals surface area contributed by atoms with Crippen molar-refractivity contribution < 1.29 is 0 Å². The Labute approximate surface area is 116 Å². The summed E-state index contributed by atoms with van der Waals surface area (Å²) in [6.45, 7) is 0. The number of aromatic nitrogens is 2. The van der Waals surface area contributed by atoms with Crippen molar-refractivity contribution in [1.29, 1.82) is 0 Å². The summed E-state index contributed by atoms with van der Waals surface area (Å²) >= 11 is 1.64. The summed E-state index contributed by atoms with van der Waals surface area (Å²) in [4.78, 5) is 8.80. The van der Waals surface area contributed by atoms with Crippen LogP contribution in [0.15, 0.2) is 54.2 Å². The predicted molar refractivity (Wildman–Crippen MR) is 80.3 cm³/mol. The smallest absolute Gasteiger partial charge is 0.125 e. The van der Waals surface area contributed by atoms with E-state index in [4.69, 9.17) is 0 Å². The Bertz CT molecular complexity index is 677. The molecule has 0 atom stereocenters. The number of nitrogens with one attached hydrogen (secondary N) is 1. The van der Waals surface area contributed by atoms with Gasteiger partial charge in [-0.15, -0.1) is 11.3 Å². The van der Waals surface area contributed by atoms with E-state index >= 15 is 0 Å². The molecule has 0 spiro atoms. The highest BCUT2D eigenvalue weighted by atomic mass is 32.1. The van der Waals surface area contributed by atoms with E-state index in [1.807, 2.05) is 37.5 Å². The van der Waals surface area contributed by atoms with Crippen LogP contribution in [0.3, 0.4) is 0 Å². The van der Waals surface area contributed by atoms with Gasteiger partial charge in [-0.1, -0.05) is 12.1 Å². The minimum absolute atomic E-state index is 0.998. The Hall–Kier alpha value is -2.20. The van der Waals surface area contributed by atoms with Crippen LogP contribution in [0, 0.1) is 0 Å². The van der Waals surface area contributed by atoms with E-state index in [1.165, 1.54) is 0 Å². The lowest BCUT2D eigenvalue weighted by atomic mass is 10.1. The highest BCUT2D eigenvalue weighted by molar-refractivity contribution is 7.13. The molecule has 0 radical (unpaired) electrons. The number of hydrogen-bond donors (Lipinski definition) is 1. The summed E-state index contributed by atoms with van der Waals surface area (Å²) in [6, 6.07) is 12.2. The highest BCUT2D eigenvalue weighted by Gasteiger charge is 2.06. The topological polar surface area (TPSA) is 37.8 Å². The summed E-state index contributed by atoms with van der Waals surface area (Å²) in [6.07, 6.45) is 3.61. The number of thiazole rings is 1. The van der Waals surface area contributed by atoms with Gasteiger partial charge in [0.1, 0.15) is 5.01 Å². The van der Waals surface area contributed by atoms with Crippen molar-refractivity contribution in [3.8, 4) is 21.8 Å². The Balaban J connectivity index is 1.97. The molecule has 0 aliphatic carbocycles. The Morgan fingerprint density at radius 3 is 2.79 bits per heavy atom. The van der Waals surface area contributed by atoms with Crippen molar-refractivity contribution in [1.82, 2.24) is 9.97 Å². The molecule has 4 heteroatoms. The normalized spacial score (nSPS) is 10.4. The van der Waals surface area contributed by atoms with Crippen LogP contribution in [0.5, 0.6) is 0 Å². The molecular weight excluding hydrogens is 254 g/mol. The van der Waals surface area contributed by atoms with Crippen molar-refractivity contribution in [2.75, 3.05) is 12.4 Å². The van der Waals surface area contributed by atoms with Crippen LogP contribution in [-0.2, 0) is 0 Å². The third-order valence-electron chi connectivity index (χ3n) is 2.86. The van der Waals surface area contributed by atoms with Gasteiger partial charge in [0, 0.05) is 41.6 Å². The number of anilines is 1. The van der Waals surface area contributed by atoms with E-state index in [0.29, 0.717) is 0 Å². The molecule has 94 valence electrons. The molecule has 2 heterocycles. The van der Waals surface area contributed by atoms with Gasteiger partial charge >= 0.3 is 0 Å². The van der Waals surface area contributed by atoms with Gasteiger partial charge in [-0.2, -0.15) is 0 Å². The van der Waals surface area contributed by atoms with E-state index in [2.05, 4.69) is 32.8 Å². The van der Waals surface area contributed by atoms with Crippen LogP contribution < -0.4 is 5.32 Å². The van der Waals surface area contributed by atoms with E-state index < -0.39 is 0 Å². The third-order valence-corrected chi connectivity index (χ3v) is 3.75. The lowest BCUT2D eigenvalue weighted by molar-refractivity contribution is 1.31. The molecule has 0 amide bonds. The number of benzene rings is 1. The SMILES string of the molecule is CNc1cccc(-c2csc(-c3cccnc3)n2)c1. The zero-order valence-corrected chi connectivity index (χ0v) is 11.3. The molecule has 0 unspecified atom stereocenters. The van der Waals surface area contributed by atoms with Crippen LogP contribution in [0.1, 0.15) is 0 Å². The minimum atomic E-state index is 0.998. The van der Waals surface area contributed by atoms with Crippen LogP contribution in [0.25, 0.3) is 21.8 Å². The number of hydrogen-bond acceptors (Lipinski definition) is 4. The Kier molecular flexibility index (Phi) is 3.25. The minimum Gasteiger partial charge on any atom is -0.388 e. The van der Waals surface area contributed by atoms with E-state index in [9.17, 15) is 0 Å². The van der Waals surface area contributed by atoms with Crippen molar-refractivity contribution in [3.63, 3.8) is 0 Å². The molecule has 0 bridgehead atoms. The third kappa shape index (κ3) is 2.48. The van der Waals surface area contributed by atoms with Gasteiger partial charge in [0.05, 0.1) is 5.69 Å². The highest BCUT2D eigenvalue weighted by Crippen LogP contribution is 2.29. The van der Waals surface area contributed by atoms with E-state index in [-0.39, 0.29) is 0 Å². The molecular formula is C15H13N3S. The molecule has 0 aliphatic rings. The van der Waals surface area contributed by atoms with Crippen molar-refractivity contribution in [2.45, 2.75) is 0 Å². The van der Waals surface area contributed by atoms with E-state index in [1.54, 1.807) is 17.5 Å². The van der Waals surface area contributed by atoms with Crippen molar-refractivity contribution in [2.24, 2.45) is 0 Å². The molecule has 0 saturated heterocycles. The first-order valence-corrected chi connectivity index (χ1v) is 6.89. The Morgan fingerprint density at radius 2 is 2.00 bits per heavy atom. The predicted octanol–water partition coefficient (Wildman–Crippen LogP) is 3.91. The summed E-state index contributed by atoms with van der Waals surface area (Å²) in [5, 5.41) is 6.22. The largest absolute Gasteiger partial charge is 0.388 e. The molecule has 3 aromatic rings. The lowest BCUT2D eigenvalue weighted by Gasteiger charge is -2.01. The van der Waals surface area contributed by atoms with Crippen LogP contribution in [0.2, 0.25) is 0 Å². The van der Waals surface area contributed by atoms with Crippen molar-refractivity contribution in [3.05, 3.63) is 54.2 Å². The quantitative estimate of drug-likeness (QED) is 0.781. The second-order valence-electron chi connectivity index (χ2n) is 4.11. The second-order valence-corrected chi connectivity index (χ2v) is 4.97. The van der Waals surface area contributed by atoms with Gasteiger partial charge in [-0.05, 0) is 24.3 Å². The van der Waals surface area contributed by atoms with Gasteiger partial charge < -0.3 is 5.32 Å². The average molecular weight is 267 g/mol. The van der Waals surface area contributed by atoms with Crippen LogP contribution in [0.4, 0.5) is 5.69 Å². The van der Waals surface area contributed by atoms with Gasteiger partial charge in [0.15, 0.2) is 0 Å². The monoisotopic (exact) mass is 267 g/mol. The molecule has 19 heavy (non-hydrogen) atoms. The molecule has 3 rings (SSSR count). The first-order valence-electron chi connectivity index (χ1n) is 6.01. The van der Waals surface area contributed by atoms with Gasteiger partial charge in [0.2, 0.25) is 0 Å². The standard InChI is InChI=1S/C15H13N3S/c1-16-13-6-2-4-11(8-13)14-10-19-15(18-14)12-5-3-7-17-9-12/h2-10,16H,1H3. The fourth-order valence-corrected chi connectivity index (χ4v) is 2.68. The summed E-state index contributed by atoms with van der Waals surface area (Å²) in [7, 11) is 1.92. The number of nitrogens with zero attached hydrogens (tertiary/aromatic N) is 2. The second kappa shape index (κ2) is 5.20. The first-order chi connectivity index (χ1) is 9.36. The summed E-state index contributed by atoms with van der Waals surface area (Å²) < 4.78 is 0. The molecule has 3 nitrogen and oxygen atoms in total. The zero-order chi connectivity index (χ0) is 13.1. The first kappa shape index (κ1) is 11.9. The van der Waals surface area contributed by atoms with Crippen LogP contribution in [-0.4, -0.2) is 17.0 Å². The molecule has 0 saturated carbocycles. The Morgan fingerprint density at radius 1 is 1.11 bits per heavy atom. The molecule has 0 fully saturated rings. The summed E-state index contributed by atoms with van der Waals surface area (Å²) in [5.41, 5.74) is 4.27. The summed E-state index contributed by atoms with van der Waals surface area (Å²) in [5.74, 6) is 0. The van der Waals surface area contributed by atoms with Gasteiger partial charge in [-0.25, -0.2) is 4.98 Å². The average Bonchev–Trinajstić information content (AvgIpc) is 2.98. The maximum absolute atomic E-state index is 4.68. The van der Waals surface area contributed by atoms with Gasteiger partial charge in [-0.3, -0.25) is 4.98 Å². The zero-order valence-electron chi connectivity index (χ0n) is 10.5. The maximum atomic E-state index is 4.68. The lowest BCUT2D eigenvalue weighted by Crippen LogP contribution is -1.88. The van der Waals surface area contributed by atoms with Crippen molar-refractivity contribution >= 4 is 17.0 Å². The number of pyridine rings is 1. The molecule has 2 aromatic heterocycles.